The second-order valence-corrected chi connectivity index (χ2v) is 4.57. The van der Waals surface area contributed by atoms with E-state index in [0.717, 1.165) is 37.7 Å². The van der Waals surface area contributed by atoms with Crippen LogP contribution in [0.1, 0.15) is 12.8 Å². The third-order valence-electron chi connectivity index (χ3n) is 2.75. The van der Waals surface area contributed by atoms with Gasteiger partial charge >= 0.3 is 0 Å². The van der Waals surface area contributed by atoms with Crippen molar-refractivity contribution in [3.8, 4) is 0 Å². The molecule has 0 unspecified atom stereocenters. The van der Waals surface area contributed by atoms with Crippen molar-refractivity contribution < 1.29 is 0 Å². The van der Waals surface area contributed by atoms with Crippen molar-refractivity contribution in [3.63, 3.8) is 0 Å². The lowest BCUT2D eigenvalue weighted by atomic mass is 10.3. The number of aromatic nitrogens is 4. The zero-order valence-electron chi connectivity index (χ0n) is 11.5. The summed E-state index contributed by atoms with van der Waals surface area (Å²) in [5.74, 6) is 1.60. The van der Waals surface area contributed by atoms with Gasteiger partial charge in [0.05, 0.1) is 6.33 Å². The van der Waals surface area contributed by atoms with Crippen molar-refractivity contribution in [2.45, 2.75) is 19.4 Å². The van der Waals surface area contributed by atoms with Gasteiger partial charge in [-0.3, -0.25) is 0 Å². The van der Waals surface area contributed by atoms with Gasteiger partial charge < -0.3 is 14.8 Å². The van der Waals surface area contributed by atoms with Crippen LogP contribution in [0.4, 0.5) is 11.8 Å². The fourth-order valence-corrected chi connectivity index (χ4v) is 1.72. The lowest BCUT2D eigenvalue weighted by molar-refractivity contribution is 0.620. The molecule has 0 fully saturated rings. The molecule has 0 amide bonds. The summed E-state index contributed by atoms with van der Waals surface area (Å²) in [5, 5.41) is 3.32. The van der Waals surface area contributed by atoms with Crippen LogP contribution in [0, 0.1) is 0 Å². The van der Waals surface area contributed by atoms with Crippen LogP contribution < -0.4 is 10.2 Å². The van der Waals surface area contributed by atoms with Crippen LogP contribution in [-0.4, -0.2) is 40.2 Å². The van der Waals surface area contributed by atoms with E-state index in [1.165, 1.54) is 0 Å². The maximum absolute atomic E-state index is 4.41. The number of imidazole rings is 1. The Morgan fingerprint density at radius 1 is 1.26 bits per heavy atom. The molecule has 19 heavy (non-hydrogen) atoms. The molecule has 0 aromatic carbocycles. The predicted octanol–water partition coefficient (Wildman–Crippen LogP) is 1.63. The molecule has 2 aromatic heterocycles. The third-order valence-corrected chi connectivity index (χ3v) is 2.75. The summed E-state index contributed by atoms with van der Waals surface area (Å²) >= 11 is 0. The van der Waals surface area contributed by atoms with Crippen molar-refractivity contribution in [1.82, 2.24) is 19.5 Å². The Balaban J connectivity index is 1.69. The molecule has 1 N–H and O–H groups in total. The first-order chi connectivity index (χ1) is 9.25. The Bertz CT molecular complexity index is 480. The van der Waals surface area contributed by atoms with Crippen LogP contribution in [0.5, 0.6) is 0 Å². The number of anilines is 2. The Morgan fingerprint density at radius 2 is 2.16 bits per heavy atom. The van der Waals surface area contributed by atoms with E-state index in [4.69, 9.17) is 0 Å². The van der Waals surface area contributed by atoms with Gasteiger partial charge in [-0.2, -0.15) is 4.98 Å². The molecule has 0 atom stereocenters. The fraction of sp³-hybridized carbons (Fsp3) is 0.462. The largest absolute Gasteiger partial charge is 0.370 e. The second-order valence-electron chi connectivity index (χ2n) is 4.57. The molecule has 0 radical (unpaired) electrons. The molecular weight excluding hydrogens is 240 g/mol. The van der Waals surface area contributed by atoms with E-state index in [1.807, 2.05) is 43.8 Å². The molecule has 0 spiro atoms. The number of aryl methyl sites for hydroxylation is 1. The first-order valence-corrected chi connectivity index (χ1v) is 6.45. The van der Waals surface area contributed by atoms with Crippen molar-refractivity contribution in [1.29, 1.82) is 0 Å². The van der Waals surface area contributed by atoms with Crippen LogP contribution in [0.2, 0.25) is 0 Å². The van der Waals surface area contributed by atoms with Gasteiger partial charge in [-0.1, -0.05) is 0 Å². The summed E-state index contributed by atoms with van der Waals surface area (Å²) in [6.07, 6.45) is 9.63. The van der Waals surface area contributed by atoms with Gasteiger partial charge in [0.25, 0.3) is 0 Å². The number of nitrogens with one attached hydrogen (secondary N) is 1. The highest BCUT2D eigenvalue weighted by molar-refractivity contribution is 5.40. The van der Waals surface area contributed by atoms with Crippen molar-refractivity contribution in [3.05, 3.63) is 31.0 Å². The van der Waals surface area contributed by atoms with Crippen molar-refractivity contribution >= 4 is 11.8 Å². The minimum absolute atomic E-state index is 0.725. The van der Waals surface area contributed by atoms with E-state index >= 15 is 0 Å². The van der Waals surface area contributed by atoms with E-state index in [0.29, 0.717) is 0 Å². The van der Waals surface area contributed by atoms with Crippen molar-refractivity contribution in [2.24, 2.45) is 0 Å². The standard InChI is InChI=1S/C13H20N6/c1-18(2)13-16-7-5-12(17-13)15-6-3-4-9-19-10-8-14-11-19/h5,7-8,10-11H,3-4,6,9H2,1-2H3,(H,15,16,17). The van der Waals surface area contributed by atoms with E-state index in [2.05, 4.69) is 24.8 Å². The maximum Gasteiger partial charge on any atom is 0.226 e. The highest BCUT2D eigenvalue weighted by Gasteiger charge is 2.00. The molecule has 2 rings (SSSR count). The minimum atomic E-state index is 0.725. The Kier molecular flexibility index (Phi) is 4.72. The van der Waals surface area contributed by atoms with Crippen LogP contribution in [0.15, 0.2) is 31.0 Å². The van der Waals surface area contributed by atoms with Crippen LogP contribution >= 0.6 is 0 Å². The summed E-state index contributed by atoms with van der Waals surface area (Å²) in [7, 11) is 3.87. The molecule has 0 aliphatic heterocycles. The van der Waals surface area contributed by atoms with E-state index < -0.39 is 0 Å². The van der Waals surface area contributed by atoms with Crippen LogP contribution in [0.25, 0.3) is 0 Å². The number of nitrogens with zero attached hydrogens (tertiary/aromatic N) is 5. The molecular formula is C13H20N6. The van der Waals surface area contributed by atoms with Gasteiger partial charge in [-0.15, -0.1) is 0 Å². The van der Waals surface area contributed by atoms with Gasteiger partial charge in [-0.25, -0.2) is 9.97 Å². The van der Waals surface area contributed by atoms with Gasteiger partial charge in [0.1, 0.15) is 5.82 Å². The first kappa shape index (κ1) is 13.3. The molecule has 102 valence electrons. The maximum atomic E-state index is 4.41. The molecule has 6 nitrogen and oxygen atoms in total. The molecule has 0 saturated carbocycles. The SMILES string of the molecule is CN(C)c1nccc(NCCCCn2ccnc2)n1. The zero-order valence-corrected chi connectivity index (χ0v) is 11.5. The highest BCUT2D eigenvalue weighted by Crippen LogP contribution is 2.08. The molecule has 0 aliphatic carbocycles. The molecule has 6 heteroatoms. The normalized spacial score (nSPS) is 10.4. The number of unbranched alkanes of at least 4 members (excludes halogenated alkanes) is 1. The van der Waals surface area contributed by atoms with E-state index in [-0.39, 0.29) is 0 Å². The Labute approximate surface area is 113 Å². The van der Waals surface area contributed by atoms with Crippen molar-refractivity contribution in [2.75, 3.05) is 30.9 Å². The Morgan fingerprint density at radius 3 is 2.89 bits per heavy atom. The van der Waals surface area contributed by atoms with Gasteiger partial charge in [0, 0.05) is 45.8 Å². The molecule has 0 aliphatic rings. The summed E-state index contributed by atoms with van der Waals surface area (Å²) in [4.78, 5) is 14.5. The topological polar surface area (TPSA) is 58.9 Å². The van der Waals surface area contributed by atoms with Crippen LogP contribution in [-0.2, 0) is 6.54 Å². The first-order valence-electron chi connectivity index (χ1n) is 6.45. The number of rotatable bonds is 7. The fourth-order valence-electron chi connectivity index (χ4n) is 1.72. The molecule has 0 saturated heterocycles. The summed E-state index contributed by atoms with van der Waals surface area (Å²) in [5.41, 5.74) is 0. The molecule has 2 heterocycles. The molecule has 0 bridgehead atoms. The number of hydrogen-bond acceptors (Lipinski definition) is 5. The summed E-state index contributed by atoms with van der Waals surface area (Å²) in [6.45, 7) is 1.92. The third kappa shape index (κ3) is 4.24. The lowest BCUT2D eigenvalue weighted by Crippen LogP contribution is -2.14. The quantitative estimate of drug-likeness (QED) is 0.767. The second kappa shape index (κ2) is 6.72. The summed E-state index contributed by atoms with van der Waals surface area (Å²) < 4.78 is 2.09. The Hall–Kier alpha value is -2.11. The minimum Gasteiger partial charge on any atom is -0.370 e. The van der Waals surface area contributed by atoms with E-state index in [9.17, 15) is 0 Å². The average molecular weight is 260 g/mol. The number of hydrogen-bond donors (Lipinski definition) is 1. The average Bonchev–Trinajstić information content (AvgIpc) is 2.92. The van der Waals surface area contributed by atoms with Gasteiger partial charge in [-0.05, 0) is 18.9 Å². The zero-order chi connectivity index (χ0) is 13.5. The smallest absolute Gasteiger partial charge is 0.226 e. The lowest BCUT2D eigenvalue weighted by Gasteiger charge is -2.11. The highest BCUT2D eigenvalue weighted by atomic mass is 15.2. The monoisotopic (exact) mass is 260 g/mol. The predicted molar refractivity (Wildman–Crippen MR) is 76.3 cm³/mol. The van der Waals surface area contributed by atoms with Gasteiger partial charge in [0.15, 0.2) is 0 Å². The van der Waals surface area contributed by atoms with E-state index in [1.54, 1.807) is 6.20 Å². The van der Waals surface area contributed by atoms with Gasteiger partial charge in [0.2, 0.25) is 5.95 Å². The molecule has 2 aromatic rings. The summed E-state index contributed by atoms with van der Waals surface area (Å²) in [6, 6.07) is 1.89. The van der Waals surface area contributed by atoms with Crippen LogP contribution in [0.3, 0.4) is 0 Å².